The number of rotatable bonds is 7. The van der Waals surface area contributed by atoms with Crippen LogP contribution >= 0.6 is 0 Å². The molecule has 1 aromatic heterocycles. The van der Waals surface area contributed by atoms with Gasteiger partial charge in [0.05, 0.1) is 12.1 Å². The SMILES string of the molecule is NC1(c2noc(CN(Cc3ccccc3)Cc3ccccc3)n2)CCC1. The van der Waals surface area contributed by atoms with E-state index >= 15 is 0 Å². The zero-order chi connectivity index (χ0) is 17.8. The summed E-state index contributed by atoms with van der Waals surface area (Å²) in [5.74, 6) is 1.28. The zero-order valence-electron chi connectivity index (χ0n) is 14.8. The number of hydrogen-bond acceptors (Lipinski definition) is 5. The molecule has 5 heteroatoms. The van der Waals surface area contributed by atoms with Gasteiger partial charge in [-0.3, -0.25) is 4.90 Å². The van der Waals surface area contributed by atoms with Gasteiger partial charge in [0.15, 0.2) is 5.82 Å². The van der Waals surface area contributed by atoms with Crippen molar-refractivity contribution in [3.63, 3.8) is 0 Å². The first-order chi connectivity index (χ1) is 12.7. The fraction of sp³-hybridized carbons (Fsp3) is 0.333. The van der Waals surface area contributed by atoms with Crippen LogP contribution < -0.4 is 5.73 Å². The quantitative estimate of drug-likeness (QED) is 0.706. The highest BCUT2D eigenvalue weighted by atomic mass is 16.5. The van der Waals surface area contributed by atoms with Gasteiger partial charge in [0.2, 0.25) is 5.89 Å². The van der Waals surface area contributed by atoms with Crippen molar-refractivity contribution in [3.05, 3.63) is 83.5 Å². The first kappa shape index (κ1) is 16.9. The molecule has 1 heterocycles. The zero-order valence-corrected chi connectivity index (χ0v) is 14.8. The van der Waals surface area contributed by atoms with Crippen LogP contribution in [0.3, 0.4) is 0 Å². The molecule has 0 bridgehead atoms. The van der Waals surface area contributed by atoms with Crippen LogP contribution in [0.25, 0.3) is 0 Å². The normalized spacial score (nSPS) is 15.8. The topological polar surface area (TPSA) is 68.2 Å². The molecule has 4 rings (SSSR count). The van der Waals surface area contributed by atoms with E-state index in [0.29, 0.717) is 18.3 Å². The molecule has 0 atom stereocenters. The van der Waals surface area contributed by atoms with E-state index in [1.54, 1.807) is 0 Å². The molecule has 5 nitrogen and oxygen atoms in total. The Morgan fingerprint density at radius 1 is 0.885 bits per heavy atom. The monoisotopic (exact) mass is 348 g/mol. The summed E-state index contributed by atoms with van der Waals surface area (Å²) in [5.41, 5.74) is 8.46. The lowest BCUT2D eigenvalue weighted by molar-refractivity contribution is 0.207. The van der Waals surface area contributed by atoms with Gasteiger partial charge < -0.3 is 10.3 Å². The minimum absolute atomic E-state index is 0.383. The average molecular weight is 348 g/mol. The largest absolute Gasteiger partial charge is 0.338 e. The Kier molecular flexibility index (Phi) is 4.82. The van der Waals surface area contributed by atoms with E-state index in [9.17, 15) is 0 Å². The average Bonchev–Trinajstić information content (AvgIpc) is 3.10. The summed E-state index contributed by atoms with van der Waals surface area (Å²) in [7, 11) is 0. The second kappa shape index (κ2) is 7.40. The van der Waals surface area contributed by atoms with Gasteiger partial charge in [0, 0.05) is 13.1 Å². The number of benzene rings is 2. The first-order valence-corrected chi connectivity index (χ1v) is 9.13. The third-order valence-electron chi connectivity index (χ3n) is 5.02. The molecule has 0 spiro atoms. The summed E-state index contributed by atoms with van der Waals surface area (Å²) in [6.07, 6.45) is 3.00. The second-order valence-electron chi connectivity index (χ2n) is 7.14. The molecule has 2 N–H and O–H groups in total. The van der Waals surface area contributed by atoms with Gasteiger partial charge >= 0.3 is 0 Å². The van der Waals surface area contributed by atoms with Crippen molar-refractivity contribution >= 4 is 0 Å². The Bertz CT molecular complexity index is 786. The maximum absolute atomic E-state index is 6.32. The van der Waals surface area contributed by atoms with Crippen molar-refractivity contribution in [1.82, 2.24) is 15.0 Å². The maximum Gasteiger partial charge on any atom is 0.240 e. The molecule has 1 aliphatic carbocycles. The van der Waals surface area contributed by atoms with Crippen molar-refractivity contribution in [3.8, 4) is 0 Å². The van der Waals surface area contributed by atoms with Crippen LogP contribution in [-0.4, -0.2) is 15.0 Å². The Labute approximate surface area is 153 Å². The van der Waals surface area contributed by atoms with E-state index in [1.807, 2.05) is 12.1 Å². The fourth-order valence-corrected chi connectivity index (χ4v) is 3.34. The van der Waals surface area contributed by atoms with Gasteiger partial charge in [-0.2, -0.15) is 4.98 Å². The lowest BCUT2D eigenvalue weighted by atomic mass is 9.77. The van der Waals surface area contributed by atoms with Crippen LogP contribution in [-0.2, 0) is 25.2 Å². The van der Waals surface area contributed by atoms with Crippen LogP contribution in [0.2, 0.25) is 0 Å². The summed E-state index contributed by atoms with van der Waals surface area (Å²) in [5, 5.41) is 4.14. The van der Waals surface area contributed by atoms with Gasteiger partial charge in [-0.25, -0.2) is 0 Å². The van der Waals surface area contributed by atoms with Gasteiger partial charge in [-0.1, -0.05) is 65.8 Å². The third-order valence-corrected chi connectivity index (χ3v) is 5.02. The molecule has 26 heavy (non-hydrogen) atoms. The number of aromatic nitrogens is 2. The van der Waals surface area contributed by atoms with Crippen molar-refractivity contribution in [2.24, 2.45) is 5.73 Å². The molecule has 0 amide bonds. The highest BCUT2D eigenvalue weighted by Gasteiger charge is 2.39. The predicted molar refractivity (Wildman–Crippen MR) is 99.8 cm³/mol. The molecule has 0 aliphatic heterocycles. The lowest BCUT2D eigenvalue weighted by Gasteiger charge is -2.34. The van der Waals surface area contributed by atoms with Crippen LogP contribution in [0.4, 0.5) is 0 Å². The second-order valence-corrected chi connectivity index (χ2v) is 7.14. The molecule has 134 valence electrons. The molecule has 2 aromatic carbocycles. The van der Waals surface area contributed by atoms with Crippen LogP contribution in [0.15, 0.2) is 65.2 Å². The van der Waals surface area contributed by atoms with E-state index in [-0.39, 0.29) is 5.54 Å². The molecule has 1 saturated carbocycles. The van der Waals surface area contributed by atoms with Gasteiger partial charge in [-0.15, -0.1) is 0 Å². The van der Waals surface area contributed by atoms with E-state index in [0.717, 1.165) is 32.4 Å². The summed E-state index contributed by atoms with van der Waals surface area (Å²) in [6, 6.07) is 20.9. The van der Waals surface area contributed by atoms with Gasteiger partial charge in [0.25, 0.3) is 0 Å². The van der Waals surface area contributed by atoms with E-state index < -0.39 is 0 Å². The molecule has 0 saturated heterocycles. The predicted octanol–water partition coefficient (Wildman–Crippen LogP) is 3.61. The summed E-state index contributed by atoms with van der Waals surface area (Å²) < 4.78 is 5.51. The minimum atomic E-state index is -0.383. The Balaban J connectivity index is 1.50. The van der Waals surface area contributed by atoms with E-state index in [1.165, 1.54) is 11.1 Å². The van der Waals surface area contributed by atoms with Gasteiger partial charge in [-0.05, 0) is 30.4 Å². The molecule has 0 radical (unpaired) electrons. The Hall–Kier alpha value is -2.50. The molecule has 1 aliphatic rings. The molecule has 0 unspecified atom stereocenters. The standard InChI is InChI=1S/C21H24N4O/c22-21(12-7-13-21)20-23-19(26-24-20)16-25(14-17-8-3-1-4-9-17)15-18-10-5-2-6-11-18/h1-6,8-11H,7,12-16,22H2. The van der Waals surface area contributed by atoms with Crippen LogP contribution in [0.1, 0.15) is 42.1 Å². The fourth-order valence-electron chi connectivity index (χ4n) is 3.34. The van der Waals surface area contributed by atoms with Crippen LogP contribution in [0.5, 0.6) is 0 Å². The number of nitrogens with zero attached hydrogens (tertiary/aromatic N) is 3. The summed E-state index contributed by atoms with van der Waals surface area (Å²) >= 11 is 0. The molecule has 3 aromatic rings. The Morgan fingerprint density at radius 3 is 1.96 bits per heavy atom. The number of hydrogen-bond donors (Lipinski definition) is 1. The van der Waals surface area contributed by atoms with Crippen molar-refractivity contribution in [2.75, 3.05) is 0 Å². The van der Waals surface area contributed by atoms with Crippen molar-refractivity contribution < 1.29 is 4.52 Å². The van der Waals surface area contributed by atoms with Gasteiger partial charge in [0.1, 0.15) is 0 Å². The minimum Gasteiger partial charge on any atom is -0.338 e. The Morgan fingerprint density at radius 2 is 1.46 bits per heavy atom. The lowest BCUT2D eigenvalue weighted by Crippen LogP contribution is -2.44. The summed E-state index contributed by atoms with van der Waals surface area (Å²) in [4.78, 5) is 6.89. The van der Waals surface area contributed by atoms with E-state index in [4.69, 9.17) is 10.3 Å². The first-order valence-electron chi connectivity index (χ1n) is 9.13. The molecular formula is C21H24N4O. The third kappa shape index (κ3) is 3.84. The molecule has 1 fully saturated rings. The maximum atomic E-state index is 6.32. The smallest absolute Gasteiger partial charge is 0.240 e. The van der Waals surface area contributed by atoms with Crippen molar-refractivity contribution in [2.45, 2.75) is 44.4 Å². The summed E-state index contributed by atoms with van der Waals surface area (Å²) in [6.45, 7) is 2.25. The van der Waals surface area contributed by atoms with E-state index in [2.05, 4.69) is 63.6 Å². The number of nitrogens with two attached hydrogens (primary N) is 1. The highest BCUT2D eigenvalue weighted by Crippen LogP contribution is 2.36. The van der Waals surface area contributed by atoms with Crippen molar-refractivity contribution in [1.29, 1.82) is 0 Å². The highest BCUT2D eigenvalue weighted by molar-refractivity contribution is 5.17. The van der Waals surface area contributed by atoms with Crippen LogP contribution in [0, 0.1) is 0 Å². The molecular weight excluding hydrogens is 324 g/mol.